The third-order valence-corrected chi connectivity index (χ3v) is 1.58. The van der Waals surface area contributed by atoms with Crippen molar-refractivity contribution in [1.29, 1.82) is 0 Å². The average Bonchev–Trinajstić information content (AvgIpc) is 2.47. The molecule has 0 saturated heterocycles. The van der Waals surface area contributed by atoms with Crippen LogP contribution in [0, 0.1) is 0 Å². The topological polar surface area (TPSA) is 27.1 Å². The first-order valence-corrected chi connectivity index (χ1v) is 4.13. The summed E-state index contributed by atoms with van der Waals surface area (Å²) in [6.07, 6.45) is 3.76. The molecule has 0 N–H and O–H groups in total. The SMILES string of the molecule is COC(C)c1nccn1C.F[B-](F)(F)F. The molecule has 88 valence electrons. The van der Waals surface area contributed by atoms with E-state index in [1.807, 2.05) is 24.7 Å². The van der Waals surface area contributed by atoms with Gasteiger partial charge in [-0.15, -0.1) is 0 Å². The van der Waals surface area contributed by atoms with E-state index in [9.17, 15) is 17.3 Å². The quantitative estimate of drug-likeness (QED) is 0.573. The minimum atomic E-state index is -6.00. The van der Waals surface area contributed by atoms with Crippen LogP contribution in [-0.4, -0.2) is 23.9 Å². The van der Waals surface area contributed by atoms with Crippen LogP contribution in [-0.2, 0) is 11.8 Å². The summed E-state index contributed by atoms with van der Waals surface area (Å²) < 4.78 is 46.0. The third-order valence-electron chi connectivity index (χ3n) is 1.58. The van der Waals surface area contributed by atoms with Gasteiger partial charge < -0.3 is 26.6 Å². The Labute approximate surface area is 85.2 Å². The third kappa shape index (κ3) is 6.95. The normalized spacial score (nSPS) is 13.0. The summed E-state index contributed by atoms with van der Waals surface area (Å²) >= 11 is 0. The Kier molecular flexibility index (Phi) is 5.34. The summed E-state index contributed by atoms with van der Waals surface area (Å²) in [7, 11) is -2.36. The van der Waals surface area contributed by atoms with Gasteiger partial charge in [0, 0.05) is 26.6 Å². The number of ether oxygens (including phenoxy) is 1. The smallest absolute Gasteiger partial charge is 0.418 e. The highest BCUT2D eigenvalue weighted by Gasteiger charge is 2.20. The predicted molar refractivity (Wildman–Crippen MR) is 48.8 cm³/mol. The van der Waals surface area contributed by atoms with Gasteiger partial charge in [-0.25, -0.2) is 4.98 Å². The van der Waals surface area contributed by atoms with Crippen LogP contribution in [0.2, 0.25) is 0 Å². The minimum absolute atomic E-state index is 0.0833. The molecule has 0 aliphatic carbocycles. The maximum absolute atomic E-state index is 9.75. The Morgan fingerprint density at radius 2 is 1.87 bits per heavy atom. The van der Waals surface area contributed by atoms with E-state index in [1.165, 1.54) is 0 Å². The zero-order valence-corrected chi connectivity index (χ0v) is 8.62. The summed E-state index contributed by atoms with van der Waals surface area (Å²) in [6.45, 7) is 1.97. The number of halogens is 4. The van der Waals surface area contributed by atoms with Crippen LogP contribution in [0.15, 0.2) is 12.4 Å². The van der Waals surface area contributed by atoms with Gasteiger partial charge in [0.05, 0.1) is 0 Å². The van der Waals surface area contributed by atoms with E-state index in [1.54, 1.807) is 13.3 Å². The molecule has 0 radical (unpaired) electrons. The van der Waals surface area contributed by atoms with E-state index in [-0.39, 0.29) is 6.10 Å². The van der Waals surface area contributed by atoms with E-state index in [0.717, 1.165) is 5.82 Å². The van der Waals surface area contributed by atoms with E-state index in [4.69, 9.17) is 4.74 Å². The Balaban J connectivity index is 0.000000336. The van der Waals surface area contributed by atoms with Crippen LogP contribution >= 0.6 is 0 Å². The number of hydrogen-bond donors (Lipinski definition) is 0. The molecule has 0 spiro atoms. The van der Waals surface area contributed by atoms with Crippen LogP contribution in [0.5, 0.6) is 0 Å². The number of aromatic nitrogens is 2. The largest absolute Gasteiger partial charge is 0.673 e. The zero-order valence-electron chi connectivity index (χ0n) is 8.62. The second-order valence-electron chi connectivity index (χ2n) is 2.77. The van der Waals surface area contributed by atoms with Gasteiger partial charge in [-0.05, 0) is 6.92 Å². The molecule has 0 aliphatic heterocycles. The summed E-state index contributed by atoms with van der Waals surface area (Å²) in [6, 6.07) is 0. The van der Waals surface area contributed by atoms with Crippen LogP contribution < -0.4 is 0 Å². The van der Waals surface area contributed by atoms with Crippen molar-refractivity contribution in [2.24, 2.45) is 7.05 Å². The number of methoxy groups -OCH3 is 1. The monoisotopic (exact) mass is 227 g/mol. The molecule has 1 aromatic heterocycles. The Morgan fingerprint density at radius 1 is 1.40 bits per heavy atom. The summed E-state index contributed by atoms with van der Waals surface area (Å²) in [5.74, 6) is 0.961. The van der Waals surface area contributed by atoms with Gasteiger partial charge in [-0.1, -0.05) is 0 Å². The van der Waals surface area contributed by atoms with Gasteiger partial charge in [-0.2, -0.15) is 0 Å². The molecule has 1 heterocycles. The molecule has 0 saturated carbocycles. The summed E-state index contributed by atoms with van der Waals surface area (Å²) in [5.41, 5.74) is 0. The molecule has 15 heavy (non-hydrogen) atoms. The van der Waals surface area contributed by atoms with Crippen molar-refractivity contribution in [2.75, 3.05) is 7.11 Å². The molecule has 1 rings (SSSR count). The standard InChI is InChI=1S/C7H12N2O.BF4/c1-6(10-3)7-8-4-5-9(7)2;2-1(3,4)5/h4-6H,1-3H3;/q;-1. The fraction of sp³-hybridized carbons (Fsp3) is 0.571. The van der Waals surface area contributed by atoms with Gasteiger partial charge in [0.1, 0.15) is 11.9 Å². The molecule has 1 aromatic rings. The molecule has 0 aliphatic rings. The Morgan fingerprint density at radius 3 is 2.13 bits per heavy atom. The zero-order chi connectivity index (χ0) is 12.1. The van der Waals surface area contributed by atoms with E-state index in [0.29, 0.717) is 0 Å². The van der Waals surface area contributed by atoms with Gasteiger partial charge in [0.25, 0.3) is 0 Å². The second kappa shape index (κ2) is 5.74. The van der Waals surface area contributed by atoms with Crippen molar-refractivity contribution in [3.05, 3.63) is 18.2 Å². The first-order valence-electron chi connectivity index (χ1n) is 4.13. The molecule has 0 aromatic carbocycles. The maximum atomic E-state index is 9.75. The molecule has 3 nitrogen and oxygen atoms in total. The van der Waals surface area contributed by atoms with Gasteiger partial charge >= 0.3 is 7.25 Å². The van der Waals surface area contributed by atoms with Crippen molar-refractivity contribution in [3.8, 4) is 0 Å². The highest BCUT2D eigenvalue weighted by atomic mass is 19.5. The number of imidazole rings is 1. The molecule has 8 heteroatoms. The highest BCUT2D eigenvalue weighted by molar-refractivity contribution is 6.50. The van der Waals surface area contributed by atoms with E-state index < -0.39 is 7.25 Å². The van der Waals surface area contributed by atoms with Gasteiger partial charge in [0.2, 0.25) is 0 Å². The van der Waals surface area contributed by atoms with Gasteiger partial charge in [0.15, 0.2) is 0 Å². The lowest BCUT2D eigenvalue weighted by molar-refractivity contribution is 0.109. The fourth-order valence-electron chi connectivity index (χ4n) is 0.874. The number of hydrogen-bond acceptors (Lipinski definition) is 2. The lowest BCUT2D eigenvalue weighted by Gasteiger charge is -2.07. The molecule has 0 amide bonds. The predicted octanol–water partition coefficient (Wildman–Crippen LogP) is 2.43. The van der Waals surface area contributed by atoms with Crippen LogP contribution in [0.4, 0.5) is 17.3 Å². The molecule has 1 unspecified atom stereocenters. The fourth-order valence-corrected chi connectivity index (χ4v) is 0.874. The average molecular weight is 227 g/mol. The minimum Gasteiger partial charge on any atom is -0.418 e. The van der Waals surface area contributed by atoms with Crippen molar-refractivity contribution < 1.29 is 22.0 Å². The van der Waals surface area contributed by atoms with Crippen molar-refractivity contribution in [2.45, 2.75) is 13.0 Å². The van der Waals surface area contributed by atoms with Gasteiger partial charge in [-0.3, -0.25) is 0 Å². The maximum Gasteiger partial charge on any atom is 0.673 e. The lowest BCUT2D eigenvalue weighted by Crippen LogP contribution is -2.03. The second-order valence-corrected chi connectivity index (χ2v) is 2.77. The molecular weight excluding hydrogens is 215 g/mol. The van der Waals surface area contributed by atoms with Crippen molar-refractivity contribution >= 4 is 7.25 Å². The van der Waals surface area contributed by atoms with Crippen molar-refractivity contribution in [3.63, 3.8) is 0 Å². The van der Waals surface area contributed by atoms with Crippen LogP contribution in [0.25, 0.3) is 0 Å². The number of rotatable bonds is 2. The number of nitrogens with zero attached hydrogens (tertiary/aromatic N) is 2. The Hall–Kier alpha value is -1.05. The molecule has 1 atom stereocenters. The first-order chi connectivity index (χ1) is 6.75. The first kappa shape index (κ1) is 14.0. The lowest BCUT2D eigenvalue weighted by atomic mass is 10.3. The van der Waals surface area contributed by atoms with E-state index >= 15 is 0 Å². The summed E-state index contributed by atoms with van der Waals surface area (Å²) in [4.78, 5) is 4.12. The molecule has 0 bridgehead atoms. The van der Waals surface area contributed by atoms with Crippen LogP contribution in [0.3, 0.4) is 0 Å². The summed E-state index contributed by atoms with van der Waals surface area (Å²) in [5, 5.41) is 0. The highest BCUT2D eigenvalue weighted by Crippen LogP contribution is 2.11. The molecular formula is C7H12BF4N2O-. The Bertz CT molecular complexity index is 283. The van der Waals surface area contributed by atoms with Crippen molar-refractivity contribution in [1.82, 2.24) is 9.55 Å². The van der Waals surface area contributed by atoms with E-state index in [2.05, 4.69) is 4.98 Å². The van der Waals surface area contributed by atoms with Crippen LogP contribution in [0.1, 0.15) is 18.9 Å². The number of aryl methyl sites for hydroxylation is 1. The molecule has 0 fully saturated rings.